The molecule has 1 fully saturated rings. The molecule has 0 spiro atoms. The Morgan fingerprint density at radius 1 is 1.13 bits per heavy atom. The van der Waals surface area contributed by atoms with E-state index < -0.39 is 5.92 Å². The maximum atomic E-state index is 12.5. The number of nitrogens with zero attached hydrogens (tertiary/aromatic N) is 1. The topological polar surface area (TPSA) is 104 Å². The molecule has 1 atom stereocenters. The summed E-state index contributed by atoms with van der Waals surface area (Å²) < 4.78 is 5.20. The minimum absolute atomic E-state index is 0.0959. The van der Waals surface area contributed by atoms with Crippen molar-refractivity contribution in [1.82, 2.24) is 15.6 Å². The summed E-state index contributed by atoms with van der Waals surface area (Å²) in [6.45, 7) is 0.910. The molecule has 0 saturated carbocycles. The molecule has 8 heteroatoms. The number of anilines is 1. The molecule has 4 rings (SSSR count). The highest BCUT2D eigenvalue weighted by atomic mass is 16.5. The molecule has 0 aliphatic carbocycles. The van der Waals surface area contributed by atoms with Gasteiger partial charge in [-0.15, -0.1) is 0 Å². The van der Waals surface area contributed by atoms with Crippen LogP contribution in [-0.2, 0) is 9.59 Å². The second-order valence-corrected chi connectivity index (χ2v) is 7.43. The Morgan fingerprint density at radius 2 is 1.97 bits per heavy atom. The molecule has 3 N–H and O–H groups in total. The van der Waals surface area contributed by atoms with Crippen LogP contribution in [0.2, 0.25) is 0 Å². The number of hydrogen-bond acceptors (Lipinski definition) is 4. The Hall–Kier alpha value is -3.81. The van der Waals surface area contributed by atoms with Gasteiger partial charge in [-0.3, -0.25) is 14.4 Å². The minimum atomic E-state index is -0.426. The molecule has 0 bridgehead atoms. The van der Waals surface area contributed by atoms with Gasteiger partial charge in [0, 0.05) is 55.1 Å². The van der Waals surface area contributed by atoms with Crippen LogP contribution in [-0.4, -0.2) is 49.4 Å². The van der Waals surface area contributed by atoms with Crippen molar-refractivity contribution in [3.05, 3.63) is 60.3 Å². The van der Waals surface area contributed by atoms with Gasteiger partial charge in [-0.25, -0.2) is 0 Å². The summed E-state index contributed by atoms with van der Waals surface area (Å²) in [6, 6.07) is 14.6. The van der Waals surface area contributed by atoms with Crippen molar-refractivity contribution in [2.75, 3.05) is 31.6 Å². The standard InChI is InChI=1S/C23H24N4O4/c1-31-19-4-2-3-18(13-19)27-14-17(12-21(27)28)23(30)26-10-9-25-22(29)16-6-5-15-7-8-24-20(15)11-16/h2-8,11,13,17,24H,9-10,12,14H2,1H3,(H,25,29)(H,26,30)/t17-/m0/s1. The van der Waals surface area contributed by atoms with Crippen LogP contribution in [0.25, 0.3) is 10.9 Å². The number of methoxy groups -OCH3 is 1. The summed E-state index contributed by atoms with van der Waals surface area (Å²) in [4.78, 5) is 41.9. The third-order valence-corrected chi connectivity index (χ3v) is 5.39. The number of aromatic nitrogens is 1. The first kappa shape index (κ1) is 20.5. The third kappa shape index (κ3) is 4.53. The number of amides is 3. The van der Waals surface area contributed by atoms with E-state index >= 15 is 0 Å². The Bertz CT molecular complexity index is 1120. The van der Waals surface area contributed by atoms with Crippen LogP contribution in [0.15, 0.2) is 54.7 Å². The SMILES string of the molecule is COc1cccc(N2C[C@@H](C(=O)NCCNC(=O)c3ccc4cc[nH]c4c3)CC2=O)c1. The summed E-state index contributed by atoms with van der Waals surface area (Å²) >= 11 is 0. The number of aromatic amines is 1. The third-order valence-electron chi connectivity index (χ3n) is 5.39. The van der Waals surface area contributed by atoms with Crippen LogP contribution >= 0.6 is 0 Å². The van der Waals surface area contributed by atoms with Crippen molar-refractivity contribution in [3.63, 3.8) is 0 Å². The maximum Gasteiger partial charge on any atom is 0.251 e. The second kappa shape index (κ2) is 8.91. The summed E-state index contributed by atoms with van der Waals surface area (Å²) in [7, 11) is 1.57. The summed E-state index contributed by atoms with van der Waals surface area (Å²) in [6.07, 6.45) is 1.98. The van der Waals surface area contributed by atoms with Gasteiger partial charge in [-0.05, 0) is 35.7 Å². The van der Waals surface area contributed by atoms with E-state index in [2.05, 4.69) is 15.6 Å². The van der Waals surface area contributed by atoms with Gasteiger partial charge in [0.1, 0.15) is 5.75 Å². The summed E-state index contributed by atoms with van der Waals surface area (Å²) in [5, 5.41) is 6.65. The van der Waals surface area contributed by atoms with Crippen molar-refractivity contribution in [3.8, 4) is 5.75 Å². The number of rotatable bonds is 7. The Kier molecular flexibility index (Phi) is 5.88. The highest BCUT2D eigenvalue weighted by molar-refractivity contribution is 6.00. The van der Waals surface area contributed by atoms with Crippen molar-refractivity contribution in [1.29, 1.82) is 0 Å². The van der Waals surface area contributed by atoms with E-state index in [0.717, 1.165) is 10.9 Å². The van der Waals surface area contributed by atoms with Crippen LogP contribution in [0, 0.1) is 5.92 Å². The first-order valence-corrected chi connectivity index (χ1v) is 10.1. The molecule has 8 nitrogen and oxygen atoms in total. The normalized spacial score (nSPS) is 15.8. The van der Waals surface area contributed by atoms with Crippen LogP contribution in [0.4, 0.5) is 5.69 Å². The molecular weight excluding hydrogens is 396 g/mol. The molecule has 2 heterocycles. The van der Waals surface area contributed by atoms with Gasteiger partial charge in [0.25, 0.3) is 5.91 Å². The largest absolute Gasteiger partial charge is 0.497 e. The Balaban J connectivity index is 1.25. The fourth-order valence-corrected chi connectivity index (χ4v) is 3.71. The zero-order valence-electron chi connectivity index (χ0n) is 17.2. The lowest BCUT2D eigenvalue weighted by molar-refractivity contribution is -0.126. The predicted octanol–water partition coefficient (Wildman–Crippen LogP) is 2.08. The number of fused-ring (bicyclic) bond motifs is 1. The average Bonchev–Trinajstić information content (AvgIpc) is 3.42. The van der Waals surface area contributed by atoms with Gasteiger partial charge in [0.15, 0.2) is 0 Å². The fourth-order valence-electron chi connectivity index (χ4n) is 3.71. The second-order valence-electron chi connectivity index (χ2n) is 7.43. The Morgan fingerprint density at radius 3 is 2.81 bits per heavy atom. The Labute approximate surface area is 179 Å². The number of ether oxygens (including phenoxy) is 1. The highest BCUT2D eigenvalue weighted by Gasteiger charge is 2.35. The number of nitrogens with one attached hydrogen (secondary N) is 3. The maximum absolute atomic E-state index is 12.5. The molecule has 1 aliphatic heterocycles. The molecule has 3 aromatic rings. The lowest BCUT2D eigenvalue weighted by Gasteiger charge is -2.17. The first-order valence-electron chi connectivity index (χ1n) is 10.1. The van der Waals surface area contributed by atoms with Gasteiger partial charge in [-0.2, -0.15) is 0 Å². The number of H-pyrrole nitrogens is 1. The van der Waals surface area contributed by atoms with Gasteiger partial charge < -0.3 is 25.3 Å². The van der Waals surface area contributed by atoms with Gasteiger partial charge in [-0.1, -0.05) is 12.1 Å². The molecule has 2 aromatic carbocycles. The smallest absolute Gasteiger partial charge is 0.251 e. The molecule has 3 amide bonds. The molecule has 1 aromatic heterocycles. The summed E-state index contributed by atoms with van der Waals surface area (Å²) in [5.41, 5.74) is 2.16. The van der Waals surface area contributed by atoms with E-state index in [4.69, 9.17) is 4.74 Å². The molecule has 0 unspecified atom stereocenters. The van der Waals surface area contributed by atoms with Gasteiger partial charge >= 0.3 is 0 Å². The summed E-state index contributed by atoms with van der Waals surface area (Å²) in [5.74, 6) is -0.262. The quantitative estimate of drug-likeness (QED) is 0.509. The van der Waals surface area contributed by atoms with E-state index in [0.29, 0.717) is 36.6 Å². The van der Waals surface area contributed by atoms with E-state index in [9.17, 15) is 14.4 Å². The number of benzene rings is 2. The molecule has 31 heavy (non-hydrogen) atoms. The fraction of sp³-hybridized carbons (Fsp3) is 0.261. The lowest BCUT2D eigenvalue weighted by Crippen LogP contribution is -2.38. The minimum Gasteiger partial charge on any atom is -0.497 e. The zero-order chi connectivity index (χ0) is 21.8. The van der Waals surface area contributed by atoms with Crippen LogP contribution in [0.5, 0.6) is 5.75 Å². The number of carbonyl (C=O) groups excluding carboxylic acids is 3. The highest BCUT2D eigenvalue weighted by Crippen LogP contribution is 2.27. The van der Waals surface area contributed by atoms with Crippen LogP contribution < -0.4 is 20.3 Å². The number of carbonyl (C=O) groups is 3. The molecule has 1 saturated heterocycles. The number of hydrogen-bond donors (Lipinski definition) is 3. The van der Waals surface area contributed by atoms with Crippen LogP contribution in [0.3, 0.4) is 0 Å². The van der Waals surface area contributed by atoms with E-state index in [1.807, 2.05) is 30.5 Å². The molecular formula is C23H24N4O4. The van der Waals surface area contributed by atoms with E-state index in [1.165, 1.54) is 0 Å². The average molecular weight is 420 g/mol. The molecule has 0 radical (unpaired) electrons. The predicted molar refractivity (Wildman–Crippen MR) is 117 cm³/mol. The van der Waals surface area contributed by atoms with Gasteiger partial charge in [0.2, 0.25) is 11.8 Å². The first-order chi connectivity index (χ1) is 15.0. The van der Waals surface area contributed by atoms with E-state index in [1.54, 1.807) is 36.3 Å². The monoisotopic (exact) mass is 420 g/mol. The molecule has 160 valence electrons. The van der Waals surface area contributed by atoms with Gasteiger partial charge in [0.05, 0.1) is 13.0 Å². The lowest BCUT2D eigenvalue weighted by atomic mass is 10.1. The van der Waals surface area contributed by atoms with Crippen molar-refractivity contribution < 1.29 is 19.1 Å². The van der Waals surface area contributed by atoms with Crippen LogP contribution in [0.1, 0.15) is 16.8 Å². The van der Waals surface area contributed by atoms with Crippen molar-refractivity contribution >= 4 is 34.3 Å². The van der Waals surface area contributed by atoms with Crippen molar-refractivity contribution in [2.24, 2.45) is 5.92 Å². The van der Waals surface area contributed by atoms with E-state index in [-0.39, 0.29) is 24.1 Å². The van der Waals surface area contributed by atoms with Crippen molar-refractivity contribution in [2.45, 2.75) is 6.42 Å². The molecule has 1 aliphatic rings. The zero-order valence-corrected chi connectivity index (χ0v) is 17.2.